The fourth-order valence-electron chi connectivity index (χ4n) is 3.74. The molecule has 2 aliphatic heterocycles. The smallest absolute Gasteiger partial charge is 0.433 e. The molecule has 1 atom stereocenters. The summed E-state index contributed by atoms with van der Waals surface area (Å²) in [5.74, 6) is -0.687. The molecular formula is C22H21F3N4O6S. The van der Waals surface area contributed by atoms with E-state index in [2.05, 4.69) is 14.7 Å². The molecule has 1 aromatic heterocycles. The van der Waals surface area contributed by atoms with Crippen LogP contribution in [0.3, 0.4) is 0 Å². The van der Waals surface area contributed by atoms with E-state index < -0.39 is 39.8 Å². The first-order valence-corrected chi connectivity index (χ1v) is 11.9. The molecule has 1 N–H and O–H groups in total. The van der Waals surface area contributed by atoms with E-state index in [0.717, 1.165) is 22.5 Å². The number of rotatable bonds is 6. The van der Waals surface area contributed by atoms with Crippen LogP contribution in [0.25, 0.3) is 0 Å². The third-order valence-electron chi connectivity index (χ3n) is 5.40. The number of carbonyl (C=O) groups is 1. The zero-order chi connectivity index (χ0) is 26.1. The predicted octanol–water partition coefficient (Wildman–Crippen LogP) is 2.78. The molecule has 0 spiro atoms. The third kappa shape index (κ3) is 5.14. The third-order valence-corrected chi connectivity index (χ3v) is 6.82. The molecule has 3 heterocycles. The second-order valence-electron chi connectivity index (χ2n) is 7.73. The Morgan fingerprint density at radius 1 is 1.17 bits per heavy atom. The molecule has 1 fully saturated rings. The molecule has 36 heavy (non-hydrogen) atoms. The van der Waals surface area contributed by atoms with Crippen LogP contribution in [-0.4, -0.2) is 62.8 Å². The highest BCUT2D eigenvalue weighted by Gasteiger charge is 2.40. The van der Waals surface area contributed by atoms with Crippen LogP contribution in [0.2, 0.25) is 0 Å². The van der Waals surface area contributed by atoms with Gasteiger partial charge in [0.15, 0.2) is 11.5 Å². The number of nitrogens with one attached hydrogen (secondary N) is 1. The lowest BCUT2D eigenvalue weighted by molar-refractivity contribution is -0.141. The molecule has 0 saturated carbocycles. The molecule has 1 saturated heterocycles. The second kappa shape index (κ2) is 9.78. The first-order chi connectivity index (χ1) is 17.0. The van der Waals surface area contributed by atoms with E-state index in [0.29, 0.717) is 23.5 Å². The van der Waals surface area contributed by atoms with Gasteiger partial charge < -0.3 is 19.5 Å². The number of carbonyl (C=O) groups excluding carboxylic acids is 1. The fraction of sp³-hybridized carbons (Fsp3) is 0.318. The van der Waals surface area contributed by atoms with Crippen molar-refractivity contribution in [3.05, 3.63) is 59.4 Å². The number of halogens is 3. The van der Waals surface area contributed by atoms with E-state index in [1.807, 2.05) is 0 Å². The van der Waals surface area contributed by atoms with Gasteiger partial charge in [0.1, 0.15) is 17.2 Å². The maximum atomic E-state index is 13.2. The zero-order valence-corrected chi connectivity index (χ0v) is 19.9. The number of hydrogen-bond donors (Lipinski definition) is 1. The average molecular weight is 526 g/mol. The van der Waals surface area contributed by atoms with Crippen LogP contribution < -0.4 is 14.8 Å². The highest BCUT2D eigenvalue weighted by atomic mass is 32.2. The summed E-state index contributed by atoms with van der Waals surface area (Å²) in [4.78, 5) is 16.7. The largest absolute Gasteiger partial charge is 0.493 e. The Morgan fingerprint density at radius 3 is 2.56 bits per heavy atom. The maximum Gasteiger partial charge on any atom is 0.433 e. The van der Waals surface area contributed by atoms with Crippen molar-refractivity contribution in [3.63, 3.8) is 0 Å². The fourth-order valence-corrected chi connectivity index (χ4v) is 5.17. The normalized spacial score (nSPS) is 19.4. The average Bonchev–Trinajstić information content (AvgIpc) is 3.36. The quantitative estimate of drug-likeness (QED) is 0.615. The molecule has 0 radical (unpaired) electrons. The molecule has 2 aliphatic rings. The zero-order valence-electron chi connectivity index (χ0n) is 19.1. The Morgan fingerprint density at radius 2 is 1.92 bits per heavy atom. The summed E-state index contributed by atoms with van der Waals surface area (Å²) < 4.78 is 86.1. The van der Waals surface area contributed by atoms with E-state index >= 15 is 0 Å². The number of benzene rings is 1. The predicted molar refractivity (Wildman–Crippen MR) is 122 cm³/mol. The van der Waals surface area contributed by atoms with Gasteiger partial charge in [-0.15, -0.1) is 4.40 Å². The Bertz CT molecular complexity index is 1340. The summed E-state index contributed by atoms with van der Waals surface area (Å²) >= 11 is 0. The minimum absolute atomic E-state index is 0.0207. The van der Waals surface area contributed by atoms with Gasteiger partial charge in [-0.2, -0.15) is 21.6 Å². The molecule has 1 amide bonds. The number of alkyl halides is 3. The molecule has 0 aliphatic carbocycles. The van der Waals surface area contributed by atoms with Crippen LogP contribution in [0.15, 0.2) is 52.6 Å². The number of allylic oxidation sites excluding steroid dienone is 1. The molecule has 1 aromatic carbocycles. The lowest BCUT2D eigenvalue weighted by Gasteiger charge is -2.31. The molecule has 192 valence electrons. The summed E-state index contributed by atoms with van der Waals surface area (Å²) in [7, 11) is -1.58. The van der Waals surface area contributed by atoms with Crippen molar-refractivity contribution in [1.29, 1.82) is 0 Å². The van der Waals surface area contributed by atoms with Gasteiger partial charge in [0.25, 0.3) is 5.91 Å². The number of nitrogens with zero attached hydrogens (tertiary/aromatic N) is 3. The molecule has 14 heteroatoms. The summed E-state index contributed by atoms with van der Waals surface area (Å²) in [5.41, 5.74) is -1.32. The summed E-state index contributed by atoms with van der Waals surface area (Å²) in [6.45, 7) is 0.292. The lowest BCUT2D eigenvalue weighted by Crippen LogP contribution is -2.45. The topological polar surface area (TPSA) is 119 Å². The van der Waals surface area contributed by atoms with Crippen LogP contribution in [0.4, 0.5) is 19.0 Å². The Balaban J connectivity index is 1.76. The minimum atomic E-state index is -4.73. The number of hydrogen-bond acceptors (Lipinski definition) is 7. The number of ether oxygens (including phenoxy) is 3. The van der Waals surface area contributed by atoms with Crippen LogP contribution in [0.1, 0.15) is 17.7 Å². The van der Waals surface area contributed by atoms with Gasteiger partial charge >= 0.3 is 16.4 Å². The van der Waals surface area contributed by atoms with Crippen LogP contribution in [-0.2, 0) is 25.9 Å². The van der Waals surface area contributed by atoms with Gasteiger partial charge in [-0.3, -0.25) is 4.79 Å². The lowest BCUT2D eigenvalue weighted by atomic mass is 10.1. The summed E-state index contributed by atoms with van der Waals surface area (Å²) in [6.07, 6.45) is -3.19. The van der Waals surface area contributed by atoms with E-state index in [4.69, 9.17) is 14.2 Å². The Labute approximate surface area is 204 Å². The molecule has 4 rings (SSSR count). The number of aromatic nitrogens is 1. The van der Waals surface area contributed by atoms with Gasteiger partial charge in [-0.25, -0.2) is 9.29 Å². The van der Waals surface area contributed by atoms with Crippen molar-refractivity contribution in [2.24, 2.45) is 4.40 Å². The standard InChI is InChI=1S/C22H21F3N4O6S/c1-33-17-7-6-13(10-18(17)34-2)15-11-16(29(36(31,32)28-15)14-8-9-35-12-14)21(30)27-20-5-3-4-19(26-20)22(23,24)25/h3-7,10-11,14H,8-9,12H2,1-2H3,(H,26,27,30)/t14-/m1/s1. The maximum absolute atomic E-state index is 13.2. The first-order valence-electron chi connectivity index (χ1n) is 10.6. The molecule has 0 unspecified atom stereocenters. The van der Waals surface area contributed by atoms with E-state index in [1.54, 1.807) is 6.07 Å². The van der Waals surface area contributed by atoms with Gasteiger partial charge in [-0.05, 0) is 42.8 Å². The monoisotopic (exact) mass is 526 g/mol. The SMILES string of the molecule is COc1ccc(C2=NS(=O)(=O)N([C@@H]3CCOC3)C(C(=O)Nc3cccc(C(F)(F)F)n3)=C2)cc1OC. The van der Waals surface area contributed by atoms with Crippen molar-refractivity contribution in [2.45, 2.75) is 18.6 Å². The summed E-state index contributed by atoms with van der Waals surface area (Å²) in [6, 6.07) is 6.84. The van der Waals surface area contributed by atoms with Crippen molar-refractivity contribution >= 4 is 27.6 Å². The van der Waals surface area contributed by atoms with Crippen LogP contribution in [0, 0.1) is 0 Å². The summed E-state index contributed by atoms with van der Waals surface area (Å²) in [5, 5.41) is 2.26. The number of pyridine rings is 1. The Hall–Kier alpha value is -3.65. The van der Waals surface area contributed by atoms with E-state index in [9.17, 15) is 26.4 Å². The van der Waals surface area contributed by atoms with E-state index in [1.165, 1.54) is 32.4 Å². The van der Waals surface area contributed by atoms with Crippen molar-refractivity contribution in [1.82, 2.24) is 9.29 Å². The number of anilines is 1. The van der Waals surface area contributed by atoms with Crippen LogP contribution in [0.5, 0.6) is 11.5 Å². The van der Waals surface area contributed by atoms with Gasteiger partial charge in [-0.1, -0.05) is 6.07 Å². The van der Waals surface area contributed by atoms with Crippen molar-refractivity contribution in [3.8, 4) is 11.5 Å². The second-order valence-corrected chi connectivity index (χ2v) is 9.20. The molecule has 10 nitrogen and oxygen atoms in total. The van der Waals surface area contributed by atoms with Crippen LogP contribution >= 0.6 is 0 Å². The number of methoxy groups -OCH3 is 2. The number of amides is 1. The van der Waals surface area contributed by atoms with E-state index in [-0.39, 0.29) is 24.6 Å². The molecular weight excluding hydrogens is 505 g/mol. The minimum Gasteiger partial charge on any atom is -0.493 e. The molecule has 2 aromatic rings. The highest BCUT2D eigenvalue weighted by molar-refractivity contribution is 7.88. The first kappa shape index (κ1) is 25.4. The van der Waals surface area contributed by atoms with Gasteiger partial charge in [0, 0.05) is 12.2 Å². The van der Waals surface area contributed by atoms with Gasteiger partial charge in [0.2, 0.25) is 0 Å². The highest BCUT2D eigenvalue weighted by Crippen LogP contribution is 2.32. The van der Waals surface area contributed by atoms with Crippen molar-refractivity contribution in [2.75, 3.05) is 32.8 Å². The van der Waals surface area contributed by atoms with Gasteiger partial charge in [0.05, 0.1) is 32.6 Å². The molecule has 0 bridgehead atoms. The van der Waals surface area contributed by atoms with Crippen molar-refractivity contribution < 1.29 is 40.6 Å². The Kier molecular flexibility index (Phi) is 6.91.